The average Bonchev–Trinajstić information content (AvgIpc) is 2.74. The van der Waals surface area contributed by atoms with Gasteiger partial charge in [-0.1, -0.05) is 36.4 Å². The van der Waals surface area contributed by atoms with Gasteiger partial charge in [-0.05, 0) is 12.0 Å². The van der Waals surface area contributed by atoms with Crippen molar-refractivity contribution in [2.24, 2.45) is 0 Å². The molecule has 1 saturated heterocycles. The molecule has 0 aliphatic carbocycles. The van der Waals surface area contributed by atoms with Crippen LogP contribution in [0.3, 0.4) is 0 Å². The van der Waals surface area contributed by atoms with E-state index in [9.17, 15) is 14.4 Å². The van der Waals surface area contributed by atoms with Crippen molar-refractivity contribution in [2.75, 3.05) is 0 Å². The van der Waals surface area contributed by atoms with E-state index in [1.165, 1.54) is 13.8 Å². The van der Waals surface area contributed by atoms with E-state index in [2.05, 4.69) is 6.58 Å². The lowest BCUT2D eigenvalue weighted by Gasteiger charge is -2.26. The van der Waals surface area contributed by atoms with Crippen molar-refractivity contribution in [1.29, 1.82) is 0 Å². The highest BCUT2D eigenvalue weighted by Crippen LogP contribution is 2.29. The molecule has 1 aliphatic heterocycles. The Hall–Kier alpha value is -2.63. The van der Waals surface area contributed by atoms with Gasteiger partial charge < -0.3 is 14.4 Å². The summed E-state index contributed by atoms with van der Waals surface area (Å²) in [4.78, 5) is 37.1. The molecule has 0 bridgehead atoms. The number of carbonyl (C=O) groups excluding carboxylic acids is 3. The molecule has 6 nitrogen and oxygen atoms in total. The van der Waals surface area contributed by atoms with Crippen molar-refractivity contribution < 1.29 is 23.9 Å². The molecule has 0 unspecified atom stereocenters. The largest absolute Gasteiger partial charge is 0.456 e. The van der Waals surface area contributed by atoms with Crippen LogP contribution in [-0.2, 0) is 30.4 Å². The first-order chi connectivity index (χ1) is 11.4. The smallest absolute Gasteiger partial charge is 0.303 e. The van der Waals surface area contributed by atoms with E-state index < -0.39 is 30.2 Å². The molecule has 0 N–H and O–H groups in total. The van der Waals surface area contributed by atoms with E-state index in [1.807, 2.05) is 30.3 Å². The van der Waals surface area contributed by atoms with Gasteiger partial charge in [0.25, 0.3) is 5.91 Å². The Bertz CT molecular complexity index is 628. The number of amides is 1. The molecule has 6 heteroatoms. The Labute approximate surface area is 141 Å². The van der Waals surface area contributed by atoms with Crippen molar-refractivity contribution >= 4 is 17.8 Å². The number of esters is 2. The van der Waals surface area contributed by atoms with Crippen LogP contribution in [0.15, 0.2) is 43.0 Å². The number of nitrogens with zero attached hydrogens (tertiary/aromatic N) is 1. The van der Waals surface area contributed by atoms with E-state index in [4.69, 9.17) is 9.47 Å². The second-order valence-electron chi connectivity index (χ2n) is 5.65. The molecule has 3 atom stereocenters. The molecule has 1 fully saturated rings. The Morgan fingerprint density at radius 3 is 2.33 bits per heavy atom. The highest BCUT2D eigenvalue weighted by molar-refractivity contribution is 5.87. The zero-order valence-electron chi connectivity index (χ0n) is 13.8. The standard InChI is InChI=1S/C18H21NO5/c1-4-8-15-16(23-12(2)20)17(24-13(3)21)18(22)19(15)11-14-9-6-5-7-10-14/h4-7,9-10,15-17H,1,8,11H2,2-3H3/t15-,16-,17+/m0/s1. The van der Waals surface area contributed by atoms with Crippen molar-refractivity contribution in [3.63, 3.8) is 0 Å². The van der Waals surface area contributed by atoms with E-state index in [0.29, 0.717) is 13.0 Å². The molecular formula is C18H21NO5. The number of ether oxygens (including phenoxy) is 2. The van der Waals surface area contributed by atoms with Crippen LogP contribution in [0.1, 0.15) is 25.8 Å². The molecule has 1 heterocycles. The summed E-state index contributed by atoms with van der Waals surface area (Å²) in [6.45, 7) is 6.53. The molecule has 1 aliphatic rings. The van der Waals surface area contributed by atoms with Gasteiger partial charge >= 0.3 is 11.9 Å². The van der Waals surface area contributed by atoms with Gasteiger partial charge in [0.2, 0.25) is 6.10 Å². The minimum atomic E-state index is -1.12. The second kappa shape index (κ2) is 7.77. The molecule has 24 heavy (non-hydrogen) atoms. The number of rotatable bonds is 6. The highest BCUT2D eigenvalue weighted by atomic mass is 16.6. The molecule has 128 valence electrons. The fourth-order valence-electron chi connectivity index (χ4n) is 2.88. The van der Waals surface area contributed by atoms with Crippen LogP contribution in [0.2, 0.25) is 0 Å². The quantitative estimate of drug-likeness (QED) is 0.587. The van der Waals surface area contributed by atoms with Crippen LogP contribution in [-0.4, -0.2) is 41.0 Å². The summed E-state index contributed by atoms with van der Waals surface area (Å²) >= 11 is 0. The maximum absolute atomic E-state index is 12.7. The number of hydrogen-bond donors (Lipinski definition) is 0. The highest BCUT2D eigenvalue weighted by Gasteiger charge is 2.51. The predicted molar refractivity (Wildman–Crippen MR) is 86.7 cm³/mol. The summed E-state index contributed by atoms with van der Waals surface area (Å²) in [5.41, 5.74) is 0.935. The SMILES string of the molecule is C=CC[C@H]1[C@H](OC(C)=O)[C@@H](OC(C)=O)C(=O)N1Cc1ccccc1. The lowest BCUT2D eigenvalue weighted by molar-refractivity contribution is -0.166. The third kappa shape index (κ3) is 4.01. The third-order valence-electron chi connectivity index (χ3n) is 3.80. The average molecular weight is 331 g/mol. The summed E-state index contributed by atoms with van der Waals surface area (Å²) in [7, 11) is 0. The Kier molecular flexibility index (Phi) is 5.73. The molecule has 1 aromatic carbocycles. The van der Waals surface area contributed by atoms with Gasteiger partial charge in [0.15, 0.2) is 6.10 Å². The van der Waals surface area contributed by atoms with Crippen molar-refractivity contribution in [3.8, 4) is 0 Å². The van der Waals surface area contributed by atoms with Crippen molar-refractivity contribution in [2.45, 2.75) is 45.1 Å². The second-order valence-corrected chi connectivity index (χ2v) is 5.65. The summed E-state index contributed by atoms with van der Waals surface area (Å²) in [6, 6.07) is 9.02. The minimum Gasteiger partial charge on any atom is -0.456 e. The van der Waals surface area contributed by atoms with Crippen LogP contribution in [0, 0.1) is 0 Å². The molecule has 0 aromatic heterocycles. The molecule has 0 spiro atoms. The van der Waals surface area contributed by atoms with E-state index >= 15 is 0 Å². The topological polar surface area (TPSA) is 72.9 Å². The summed E-state index contributed by atoms with van der Waals surface area (Å²) in [5, 5.41) is 0. The van der Waals surface area contributed by atoms with Crippen molar-refractivity contribution in [3.05, 3.63) is 48.6 Å². The number of hydrogen-bond acceptors (Lipinski definition) is 5. The lowest BCUT2D eigenvalue weighted by atomic mass is 10.1. The van der Waals surface area contributed by atoms with Crippen molar-refractivity contribution in [1.82, 2.24) is 4.90 Å². The van der Waals surface area contributed by atoms with Gasteiger partial charge in [0, 0.05) is 20.4 Å². The van der Waals surface area contributed by atoms with Gasteiger partial charge in [-0.2, -0.15) is 0 Å². The maximum atomic E-state index is 12.7. The molecule has 1 aromatic rings. The summed E-state index contributed by atoms with van der Waals surface area (Å²) < 4.78 is 10.4. The van der Waals surface area contributed by atoms with Crippen LogP contribution in [0.5, 0.6) is 0 Å². The Balaban J connectivity index is 2.32. The van der Waals surface area contributed by atoms with Gasteiger partial charge in [0.1, 0.15) is 0 Å². The summed E-state index contributed by atoms with van der Waals surface area (Å²) in [6.07, 6.45) is 0.109. The fraction of sp³-hybridized carbons (Fsp3) is 0.389. The molecular weight excluding hydrogens is 310 g/mol. The third-order valence-corrected chi connectivity index (χ3v) is 3.80. The first-order valence-corrected chi connectivity index (χ1v) is 7.73. The first-order valence-electron chi connectivity index (χ1n) is 7.73. The van der Waals surface area contributed by atoms with E-state index in [1.54, 1.807) is 11.0 Å². The zero-order chi connectivity index (χ0) is 17.7. The van der Waals surface area contributed by atoms with Gasteiger partial charge in [-0.15, -0.1) is 6.58 Å². The van der Waals surface area contributed by atoms with Gasteiger partial charge in [0.05, 0.1) is 6.04 Å². The Morgan fingerprint density at radius 1 is 1.17 bits per heavy atom. The zero-order valence-corrected chi connectivity index (χ0v) is 13.8. The molecule has 2 rings (SSSR count). The van der Waals surface area contributed by atoms with E-state index in [0.717, 1.165) is 5.56 Å². The maximum Gasteiger partial charge on any atom is 0.303 e. The van der Waals surface area contributed by atoms with Crippen LogP contribution in [0.25, 0.3) is 0 Å². The minimum absolute atomic E-state index is 0.341. The molecule has 0 radical (unpaired) electrons. The van der Waals surface area contributed by atoms with E-state index in [-0.39, 0.29) is 5.91 Å². The number of carbonyl (C=O) groups is 3. The predicted octanol–water partition coefficient (Wildman–Crippen LogP) is 1.84. The van der Waals surface area contributed by atoms with Crippen LogP contribution >= 0.6 is 0 Å². The van der Waals surface area contributed by atoms with Gasteiger partial charge in [-0.25, -0.2) is 0 Å². The number of benzene rings is 1. The van der Waals surface area contributed by atoms with Crippen LogP contribution in [0.4, 0.5) is 0 Å². The first kappa shape index (κ1) is 17.7. The lowest BCUT2D eigenvalue weighted by Crippen LogP contribution is -2.39. The normalized spacial score (nSPS) is 23.0. The number of likely N-dealkylation sites (tertiary alicyclic amines) is 1. The molecule has 1 amide bonds. The fourth-order valence-corrected chi connectivity index (χ4v) is 2.88. The monoisotopic (exact) mass is 331 g/mol. The Morgan fingerprint density at radius 2 is 1.79 bits per heavy atom. The van der Waals surface area contributed by atoms with Crippen LogP contribution < -0.4 is 0 Å². The molecule has 0 saturated carbocycles. The van der Waals surface area contributed by atoms with Gasteiger partial charge in [-0.3, -0.25) is 14.4 Å². The summed E-state index contributed by atoms with van der Waals surface area (Å²) in [5.74, 6) is -1.49.